The van der Waals surface area contributed by atoms with E-state index in [9.17, 15) is 0 Å². The highest BCUT2D eigenvalue weighted by Gasteiger charge is 2.03. The van der Waals surface area contributed by atoms with Gasteiger partial charge in [0.15, 0.2) is 0 Å². The van der Waals surface area contributed by atoms with Crippen molar-refractivity contribution in [1.82, 2.24) is 4.78 Å². The van der Waals surface area contributed by atoms with Gasteiger partial charge < -0.3 is 9.26 Å². The summed E-state index contributed by atoms with van der Waals surface area (Å²) in [4.78, 5) is 4.21. The van der Waals surface area contributed by atoms with E-state index in [1.165, 1.54) is 0 Å². The molecule has 2 aromatic carbocycles. The van der Waals surface area contributed by atoms with Crippen molar-refractivity contribution in [3.8, 4) is 11.5 Å². The maximum atomic E-state index is 5.83. The van der Waals surface area contributed by atoms with Crippen LogP contribution in [0.4, 0.5) is 0 Å². The average molecular weight is 387 g/mol. The lowest BCUT2D eigenvalue weighted by Gasteiger charge is -2.16. The fourth-order valence-corrected chi connectivity index (χ4v) is 2.96. The van der Waals surface area contributed by atoms with E-state index in [0.717, 1.165) is 22.6 Å². The van der Waals surface area contributed by atoms with E-state index in [0.29, 0.717) is 6.54 Å². The quantitative estimate of drug-likeness (QED) is 0.281. The van der Waals surface area contributed by atoms with Crippen LogP contribution in [0.25, 0.3) is 0 Å². The molecule has 0 amide bonds. The number of ether oxygens (including phenoxy) is 1. The Hall–Kier alpha value is -2.43. The Morgan fingerprint density at radius 1 is 1.04 bits per heavy atom. The molecule has 2 rings (SSSR count). The lowest BCUT2D eigenvalue weighted by molar-refractivity contribution is 0.415. The predicted octanol–water partition coefficient (Wildman–Crippen LogP) is 4.15. The molecular formula is C19H22N3O2PS. The Labute approximate surface area is 160 Å². The van der Waals surface area contributed by atoms with Crippen LogP contribution in [-0.2, 0) is 11.8 Å². The summed E-state index contributed by atoms with van der Waals surface area (Å²) in [5.41, 5.74) is 1.97. The van der Waals surface area contributed by atoms with Crippen LogP contribution < -0.4 is 9.26 Å². The van der Waals surface area contributed by atoms with Gasteiger partial charge in [0, 0.05) is 13.3 Å². The van der Waals surface area contributed by atoms with Crippen LogP contribution in [0.15, 0.2) is 71.3 Å². The van der Waals surface area contributed by atoms with Crippen molar-refractivity contribution in [2.75, 3.05) is 20.7 Å². The molecule has 0 saturated carbocycles. The van der Waals surface area contributed by atoms with E-state index in [1.807, 2.05) is 55.6 Å². The third-order valence-corrected chi connectivity index (χ3v) is 5.42. The number of hydrazone groups is 1. The Morgan fingerprint density at radius 3 is 2.19 bits per heavy atom. The molecule has 2 aromatic rings. The van der Waals surface area contributed by atoms with Crippen LogP contribution in [0.5, 0.6) is 11.5 Å². The first kappa shape index (κ1) is 19.9. The predicted molar refractivity (Wildman–Crippen MR) is 114 cm³/mol. The van der Waals surface area contributed by atoms with E-state index in [4.69, 9.17) is 21.1 Å². The lowest BCUT2D eigenvalue weighted by Crippen LogP contribution is -2.03. The van der Waals surface area contributed by atoms with Gasteiger partial charge in [-0.25, -0.2) is 4.78 Å². The summed E-state index contributed by atoms with van der Waals surface area (Å²) in [6.07, 6.45) is 5.30. The van der Waals surface area contributed by atoms with Crippen molar-refractivity contribution in [2.24, 2.45) is 10.1 Å². The van der Waals surface area contributed by atoms with Crippen molar-refractivity contribution in [3.63, 3.8) is 0 Å². The molecule has 5 nitrogen and oxygen atoms in total. The van der Waals surface area contributed by atoms with Gasteiger partial charge in [-0.3, -0.25) is 4.99 Å². The normalized spacial score (nSPS) is 12.2. The van der Waals surface area contributed by atoms with Gasteiger partial charge in [-0.15, -0.1) is 6.58 Å². The zero-order valence-electron chi connectivity index (χ0n) is 14.8. The number of aliphatic imine (C=N–C) groups is 1. The number of methoxy groups -OCH3 is 1. The fraction of sp³-hybridized carbons (Fsp3) is 0.158. The average Bonchev–Trinajstić information content (AvgIpc) is 2.68. The van der Waals surface area contributed by atoms with E-state index in [2.05, 4.69) is 16.7 Å². The van der Waals surface area contributed by atoms with Crippen LogP contribution in [0.1, 0.15) is 11.1 Å². The van der Waals surface area contributed by atoms with Gasteiger partial charge in [-0.2, -0.15) is 5.10 Å². The van der Waals surface area contributed by atoms with Gasteiger partial charge in [0.05, 0.1) is 19.9 Å². The third kappa shape index (κ3) is 6.47. The molecule has 0 aromatic heterocycles. The standard InChI is InChI=1S/C19H22N3O2PS/c1-4-13-20-14-16-7-11-19(12-8-16)24-25(26)22(2)21-15-17-5-9-18(23-3)10-6-17/h4-12,14-15,25H,1,13H2,2-3H3/b20-14+,21-15+. The minimum Gasteiger partial charge on any atom is -0.497 e. The summed E-state index contributed by atoms with van der Waals surface area (Å²) >= 11 is 5.45. The minimum atomic E-state index is -1.69. The first-order valence-corrected chi connectivity index (χ1v) is 10.5. The molecule has 0 aliphatic rings. The molecule has 0 aliphatic carbocycles. The summed E-state index contributed by atoms with van der Waals surface area (Å²) in [5, 5.41) is 4.37. The van der Waals surface area contributed by atoms with Crippen molar-refractivity contribution < 1.29 is 9.26 Å². The molecule has 0 heterocycles. The lowest BCUT2D eigenvalue weighted by atomic mass is 10.2. The smallest absolute Gasteiger partial charge is 0.207 e. The summed E-state index contributed by atoms with van der Waals surface area (Å²) in [7, 11) is 1.77. The molecule has 0 saturated heterocycles. The molecule has 0 spiro atoms. The molecule has 1 unspecified atom stereocenters. The van der Waals surface area contributed by atoms with E-state index in [-0.39, 0.29) is 0 Å². The molecule has 0 N–H and O–H groups in total. The monoisotopic (exact) mass is 387 g/mol. The van der Waals surface area contributed by atoms with Crippen LogP contribution in [0.2, 0.25) is 0 Å². The Morgan fingerprint density at radius 2 is 1.62 bits per heavy atom. The second-order valence-electron chi connectivity index (χ2n) is 5.26. The van der Waals surface area contributed by atoms with Gasteiger partial charge in [-0.05, 0) is 71.5 Å². The van der Waals surface area contributed by atoms with Gasteiger partial charge in [0.25, 0.3) is 0 Å². The molecule has 136 valence electrons. The van der Waals surface area contributed by atoms with Crippen LogP contribution in [0.3, 0.4) is 0 Å². The summed E-state index contributed by atoms with van der Waals surface area (Å²) in [6.45, 7) is 4.24. The highest BCUT2D eigenvalue weighted by Crippen LogP contribution is 2.30. The van der Waals surface area contributed by atoms with Crippen molar-refractivity contribution in [1.29, 1.82) is 0 Å². The second kappa shape index (κ2) is 10.5. The Balaban J connectivity index is 1.91. The highest BCUT2D eigenvalue weighted by molar-refractivity contribution is 8.02. The van der Waals surface area contributed by atoms with Crippen molar-refractivity contribution in [2.45, 2.75) is 0 Å². The van der Waals surface area contributed by atoms with Gasteiger partial charge in [0.2, 0.25) is 7.07 Å². The van der Waals surface area contributed by atoms with Crippen molar-refractivity contribution >= 4 is 31.3 Å². The molecule has 0 aliphatic heterocycles. The zero-order chi connectivity index (χ0) is 18.8. The first-order valence-electron chi connectivity index (χ1n) is 7.96. The summed E-state index contributed by atoms with van der Waals surface area (Å²) in [6, 6.07) is 15.3. The van der Waals surface area contributed by atoms with E-state index < -0.39 is 7.07 Å². The summed E-state index contributed by atoms with van der Waals surface area (Å²) < 4.78 is 12.7. The number of rotatable bonds is 9. The second-order valence-corrected chi connectivity index (χ2v) is 7.69. The number of hydrogen-bond donors (Lipinski definition) is 0. The molecule has 0 bridgehead atoms. The van der Waals surface area contributed by atoms with Crippen LogP contribution in [0, 0.1) is 0 Å². The number of nitrogens with zero attached hydrogens (tertiary/aromatic N) is 3. The van der Waals surface area contributed by atoms with Crippen LogP contribution >= 0.6 is 7.07 Å². The third-order valence-electron chi connectivity index (χ3n) is 3.32. The zero-order valence-corrected chi connectivity index (χ0v) is 16.6. The minimum absolute atomic E-state index is 0.606. The number of benzene rings is 2. The first-order chi connectivity index (χ1) is 12.6. The molecule has 0 fully saturated rings. The molecule has 26 heavy (non-hydrogen) atoms. The Kier molecular flexibility index (Phi) is 8.06. The fourth-order valence-electron chi connectivity index (χ4n) is 1.91. The number of hydrogen-bond acceptors (Lipinski definition) is 5. The van der Waals surface area contributed by atoms with E-state index >= 15 is 0 Å². The highest BCUT2D eigenvalue weighted by atomic mass is 32.4. The SMILES string of the molecule is C=CC/N=C/c1ccc(O[PH](=S)N(C)/N=C/c2ccc(OC)cc2)cc1. The molecule has 1 atom stereocenters. The summed E-state index contributed by atoms with van der Waals surface area (Å²) in [5.74, 6) is 1.53. The van der Waals surface area contributed by atoms with Crippen LogP contribution in [-0.4, -0.2) is 37.9 Å². The largest absolute Gasteiger partial charge is 0.497 e. The van der Waals surface area contributed by atoms with Gasteiger partial charge >= 0.3 is 0 Å². The topological polar surface area (TPSA) is 46.4 Å². The maximum absolute atomic E-state index is 5.83. The maximum Gasteiger partial charge on any atom is 0.207 e. The van der Waals surface area contributed by atoms with E-state index in [1.54, 1.807) is 30.4 Å². The van der Waals surface area contributed by atoms with Gasteiger partial charge in [0.1, 0.15) is 11.5 Å². The van der Waals surface area contributed by atoms with Crippen molar-refractivity contribution in [3.05, 3.63) is 72.3 Å². The molecular weight excluding hydrogens is 365 g/mol. The Bertz CT molecular complexity index is 789. The molecule has 0 radical (unpaired) electrons. The van der Waals surface area contributed by atoms with Gasteiger partial charge in [-0.1, -0.05) is 6.08 Å². The molecule has 7 heteroatoms.